The normalized spacial score (nSPS) is 9.56. The van der Waals surface area contributed by atoms with Crippen LogP contribution >= 0.6 is 0 Å². The highest BCUT2D eigenvalue weighted by Crippen LogP contribution is 2.15. The number of pyridine rings is 5. The third-order valence-electron chi connectivity index (χ3n) is 7.84. The van der Waals surface area contributed by atoms with Gasteiger partial charge in [-0.25, -0.2) is 19.1 Å². The summed E-state index contributed by atoms with van der Waals surface area (Å²) in [5, 5.41) is 17.2. The number of carboxylic acid groups (broad SMARTS) is 2. The summed E-state index contributed by atoms with van der Waals surface area (Å²) in [5.74, 6) is 0.573. The monoisotopic (exact) mass is 787 g/mol. The Hall–Kier alpha value is -5.31. The number of aryl methyl sites for hydroxylation is 2. The first-order valence-electron chi connectivity index (χ1n) is 18.1. The molecule has 316 valence electrons. The van der Waals surface area contributed by atoms with E-state index in [1.165, 1.54) is 29.2 Å². The first-order valence-corrected chi connectivity index (χ1v) is 18.1. The molecule has 0 spiro atoms. The van der Waals surface area contributed by atoms with Gasteiger partial charge in [0.1, 0.15) is 12.7 Å². The lowest BCUT2D eigenvalue weighted by molar-refractivity contribution is -0.671. The van der Waals surface area contributed by atoms with Crippen molar-refractivity contribution in [3.63, 3.8) is 0 Å². The van der Waals surface area contributed by atoms with E-state index in [4.69, 9.17) is 10.2 Å². The zero-order valence-electron chi connectivity index (χ0n) is 33.6. The summed E-state index contributed by atoms with van der Waals surface area (Å²) in [6, 6.07) is 21.3. The summed E-state index contributed by atoms with van der Waals surface area (Å²) in [4.78, 5) is 37.0. The summed E-state index contributed by atoms with van der Waals surface area (Å²) in [7, 11) is 2.03. The molecule has 0 unspecified atom stereocenters. The molecule has 0 saturated heterocycles. The lowest BCUT2D eigenvalue weighted by Crippen LogP contribution is -2.26. The van der Waals surface area contributed by atoms with Gasteiger partial charge in [0.2, 0.25) is 0 Å². The average Bonchev–Trinajstić information content (AvgIpc) is 3.13. The molecule has 5 rings (SSSR count). The van der Waals surface area contributed by atoms with Crippen LogP contribution in [0.2, 0.25) is 0 Å². The van der Waals surface area contributed by atoms with Crippen LogP contribution in [0, 0.1) is 6.92 Å². The van der Waals surface area contributed by atoms with Crippen molar-refractivity contribution >= 4 is 11.9 Å². The van der Waals surface area contributed by atoms with E-state index in [0.29, 0.717) is 29.6 Å². The summed E-state index contributed by atoms with van der Waals surface area (Å²) < 4.78 is 2.05. The van der Waals surface area contributed by atoms with Crippen molar-refractivity contribution in [3.05, 3.63) is 149 Å². The minimum Gasteiger partial charge on any atom is -0.478 e. The van der Waals surface area contributed by atoms with Gasteiger partial charge in [-0.15, -0.1) is 0 Å². The fourth-order valence-electron chi connectivity index (χ4n) is 4.33. The third-order valence-corrected chi connectivity index (χ3v) is 7.84. The highest BCUT2D eigenvalue weighted by molar-refractivity contribution is 5.87. The maximum atomic E-state index is 10.5. The van der Waals surface area contributed by atoms with Crippen LogP contribution in [0.15, 0.2) is 104 Å². The van der Waals surface area contributed by atoms with Crippen LogP contribution < -0.4 is 4.57 Å². The number of hydrogen-bond acceptors (Lipinski definition) is 6. The molecule has 2 N–H and O–H groups in total. The Kier molecular flexibility index (Phi) is 31.6. The molecular weight excluding hydrogens is 711 g/mol. The molecule has 5 aromatic rings. The maximum absolute atomic E-state index is 10.5. The molecule has 0 radical (unpaired) electrons. The van der Waals surface area contributed by atoms with Crippen molar-refractivity contribution in [1.29, 1.82) is 0 Å². The second-order valence-electron chi connectivity index (χ2n) is 14.1. The zero-order valence-corrected chi connectivity index (χ0v) is 33.6. The molecule has 0 amide bonds. The van der Waals surface area contributed by atoms with Gasteiger partial charge in [-0.1, -0.05) is 105 Å². The first-order chi connectivity index (χ1) is 24.9. The second kappa shape index (κ2) is 30.9. The topological polar surface area (TPSA) is 130 Å². The highest BCUT2D eigenvalue weighted by atomic mass is 16.4. The molecule has 0 bridgehead atoms. The Bertz CT molecular complexity index is 1770. The quantitative estimate of drug-likeness (QED) is 0.156. The Morgan fingerprint density at radius 2 is 1.05 bits per heavy atom. The van der Waals surface area contributed by atoms with E-state index in [1.54, 1.807) is 18.2 Å². The average molecular weight is 787 g/mol. The van der Waals surface area contributed by atoms with Crippen molar-refractivity contribution in [1.82, 2.24) is 19.9 Å². The van der Waals surface area contributed by atoms with Gasteiger partial charge in [0.05, 0.1) is 5.56 Å². The molecule has 57 heavy (non-hydrogen) atoms. The molecular formula is C48H76N5O4+. The second-order valence-corrected chi connectivity index (χ2v) is 14.1. The minimum absolute atomic E-state index is 0. The van der Waals surface area contributed by atoms with E-state index in [0.717, 1.165) is 17.0 Å². The Morgan fingerprint density at radius 3 is 1.42 bits per heavy atom. The van der Waals surface area contributed by atoms with Gasteiger partial charge < -0.3 is 10.2 Å². The molecule has 0 aliphatic carbocycles. The molecule has 5 aromatic heterocycles. The molecule has 9 heteroatoms. The number of aromatic nitrogens is 5. The summed E-state index contributed by atoms with van der Waals surface area (Å²) in [6.07, 6.45) is 10.7. The molecule has 0 aromatic carbocycles. The van der Waals surface area contributed by atoms with Crippen LogP contribution in [0.25, 0.3) is 0 Å². The molecule has 9 nitrogen and oxygen atoms in total. The molecule has 0 atom stereocenters. The third kappa shape index (κ3) is 24.0. The van der Waals surface area contributed by atoms with Gasteiger partial charge in [0.25, 0.3) is 0 Å². The van der Waals surface area contributed by atoms with Gasteiger partial charge in [0, 0.05) is 54.0 Å². The molecule has 0 aliphatic heterocycles. The molecule has 5 heterocycles. The maximum Gasteiger partial charge on any atom is 0.354 e. The summed E-state index contributed by atoms with van der Waals surface area (Å²) >= 11 is 0. The van der Waals surface area contributed by atoms with Crippen molar-refractivity contribution in [2.75, 3.05) is 0 Å². The molecule has 0 fully saturated rings. The predicted octanol–water partition coefficient (Wildman–Crippen LogP) is 12.7. The highest BCUT2D eigenvalue weighted by Gasteiger charge is 2.07. The Balaban J connectivity index is -0.000000304. The standard InChI is InChI=1S/2C9H11NO2.C9H14N.C9H13N.C8H11N.4CH4/c1-6(2)8-4-3-7(5-10-8)9(11)12;1-6(2)7-3-4-10-8(5-7)9(11)12;1-8(2)9-4-6-10(3)7-5-9;1-7(2)9-6-4-5-8(3)10-9;1-7(2)8-3-5-9-6-4-8;;;;/h2*3-6H,1-2H3,(H,11,12);4-8H,1-3H3;4-7H,1-3H3;3-7H,1-2H3;4*1H4/q;;+1;;;;;;. The van der Waals surface area contributed by atoms with Crippen LogP contribution in [0.1, 0.15) is 183 Å². The number of hydrogen-bond donors (Lipinski definition) is 2. The number of aromatic carboxylic acids is 2. The molecule has 0 saturated carbocycles. The van der Waals surface area contributed by atoms with E-state index in [2.05, 4.69) is 98.1 Å². The number of carbonyl (C=O) groups is 2. The SMILES string of the molecule is C.C.C.C.CC(C)c1cc[n+](C)cc1.CC(C)c1ccc(C(=O)O)cn1.CC(C)c1ccnc(C(=O)O)c1.CC(C)c1ccncc1.Cc1cccc(C(C)C)n1. The lowest BCUT2D eigenvalue weighted by atomic mass is 10.0. The van der Waals surface area contributed by atoms with Gasteiger partial charge in [-0.3, -0.25) is 15.0 Å². The number of carboxylic acids is 2. The van der Waals surface area contributed by atoms with E-state index >= 15 is 0 Å². The van der Waals surface area contributed by atoms with Gasteiger partial charge in [0.15, 0.2) is 12.4 Å². The van der Waals surface area contributed by atoms with E-state index in [-0.39, 0.29) is 41.0 Å². The van der Waals surface area contributed by atoms with Crippen molar-refractivity contribution in [3.8, 4) is 0 Å². The van der Waals surface area contributed by atoms with Crippen molar-refractivity contribution in [2.24, 2.45) is 7.05 Å². The number of nitrogens with zero attached hydrogens (tertiary/aromatic N) is 5. The van der Waals surface area contributed by atoms with Gasteiger partial charge >= 0.3 is 11.9 Å². The minimum atomic E-state index is -0.975. The van der Waals surface area contributed by atoms with E-state index < -0.39 is 11.9 Å². The smallest absolute Gasteiger partial charge is 0.354 e. The lowest BCUT2D eigenvalue weighted by Gasteiger charge is -2.04. The van der Waals surface area contributed by atoms with Crippen LogP contribution in [-0.4, -0.2) is 42.1 Å². The Labute approximate surface area is 346 Å². The summed E-state index contributed by atoms with van der Waals surface area (Å²) in [5.41, 5.74) is 7.30. The number of rotatable bonds is 7. The van der Waals surface area contributed by atoms with Crippen LogP contribution in [-0.2, 0) is 7.05 Å². The Morgan fingerprint density at radius 1 is 0.561 bits per heavy atom. The molecule has 0 aliphatic rings. The fraction of sp³-hybridized carbons (Fsp3) is 0.438. The van der Waals surface area contributed by atoms with E-state index in [9.17, 15) is 9.59 Å². The zero-order chi connectivity index (χ0) is 40.1. The van der Waals surface area contributed by atoms with Crippen LogP contribution in [0.5, 0.6) is 0 Å². The first kappa shape index (κ1) is 58.4. The predicted molar refractivity (Wildman–Crippen MR) is 241 cm³/mol. The van der Waals surface area contributed by atoms with Crippen LogP contribution in [0.3, 0.4) is 0 Å². The van der Waals surface area contributed by atoms with Gasteiger partial charge in [-0.2, -0.15) is 0 Å². The van der Waals surface area contributed by atoms with Crippen molar-refractivity contribution < 1.29 is 24.4 Å². The summed E-state index contributed by atoms with van der Waals surface area (Å²) in [6.45, 7) is 23.2. The van der Waals surface area contributed by atoms with E-state index in [1.807, 2.05) is 82.9 Å². The largest absolute Gasteiger partial charge is 0.478 e. The fourth-order valence-corrected chi connectivity index (χ4v) is 4.33. The van der Waals surface area contributed by atoms with Crippen molar-refractivity contribution in [2.45, 2.75) is 135 Å². The van der Waals surface area contributed by atoms with Crippen LogP contribution in [0.4, 0.5) is 0 Å². The van der Waals surface area contributed by atoms with Gasteiger partial charge in [-0.05, 0) is 102 Å².